The second kappa shape index (κ2) is 13.9. The Labute approximate surface area is 258 Å². The molecule has 2 amide bonds. The van der Waals surface area contributed by atoms with Crippen LogP contribution < -0.4 is 9.62 Å². The molecule has 10 heteroatoms. The number of amides is 2. The van der Waals surface area contributed by atoms with Crippen molar-refractivity contribution < 1.29 is 18.0 Å². The Morgan fingerprint density at radius 3 is 2.17 bits per heavy atom. The summed E-state index contributed by atoms with van der Waals surface area (Å²) in [5.74, 6) is -0.789. The fraction of sp³-hybridized carbons (Fsp3) is 0.375. The van der Waals surface area contributed by atoms with Gasteiger partial charge < -0.3 is 10.2 Å². The Morgan fingerprint density at radius 1 is 0.905 bits per heavy atom. The number of carbonyl (C=O) groups is 2. The fourth-order valence-electron chi connectivity index (χ4n) is 5.14. The molecule has 224 valence electrons. The van der Waals surface area contributed by atoms with Gasteiger partial charge in [0, 0.05) is 22.6 Å². The van der Waals surface area contributed by atoms with Crippen LogP contribution >= 0.6 is 23.2 Å². The third kappa shape index (κ3) is 7.85. The molecule has 4 rings (SSSR count). The van der Waals surface area contributed by atoms with Crippen LogP contribution in [0.3, 0.4) is 0 Å². The maximum absolute atomic E-state index is 14.1. The van der Waals surface area contributed by atoms with Gasteiger partial charge in [0.2, 0.25) is 11.8 Å². The van der Waals surface area contributed by atoms with Crippen LogP contribution in [-0.2, 0) is 26.2 Å². The molecule has 0 spiro atoms. The number of hydrogen-bond acceptors (Lipinski definition) is 4. The lowest BCUT2D eigenvalue weighted by Gasteiger charge is -2.33. The summed E-state index contributed by atoms with van der Waals surface area (Å²) >= 11 is 12.4. The van der Waals surface area contributed by atoms with Crippen LogP contribution in [-0.4, -0.2) is 43.8 Å². The molecule has 0 aromatic heterocycles. The standard InChI is InChI=1S/C32H37Cl2N3O4S/c1-22-9-17-29(18-10-22)42(40,41)37(30-19-27(34)14-11-23(30)2)21-31(38)36(20-25-12-15-26(33)16-13-25)24(3)32(39)35-28-7-5-4-6-8-28/h9-19,24,28H,4-8,20-21H2,1-3H3,(H,35,39)/t24-/m0/s1. The molecule has 0 unspecified atom stereocenters. The summed E-state index contributed by atoms with van der Waals surface area (Å²) in [4.78, 5) is 29.1. The van der Waals surface area contributed by atoms with E-state index in [1.165, 1.54) is 17.0 Å². The number of hydrogen-bond donors (Lipinski definition) is 1. The first kappa shape index (κ1) is 31.9. The first-order chi connectivity index (χ1) is 20.0. The van der Waals surface area contributed by atoms with Gasteiger partial charge in [0.25, 0.3) is 10.0 Å². The third-order valence-electron chi connectivity index (χ3n) is 7.71. The van der Waals surface area contributed by atoms with Crippen LogP contribution in [0.15, 0.2) is 71.6 Å². The molecule has 0 radical (unpaired) electrons. The maximum atomic E-state index is 14.1. The minimum Gasteiger partial charge on any atom is -0.352 e. The van der Waals surface area contributed by atoms with E-state index in [1.54, 1.807) is 68.4 Å². The average Bonchev–Trinajstić information content (AvgIpc) is 2.97. The zero-order valence-electron chi connectivity index (χ0n) is 24.1. The number of benzene rings is 3. The minimum absolute atomic E-state index is 0.0487. The van der Waals surface area contributed by atoms with Gasteiger partial charge in [-0.2, -0.15) is 0 Å². The largest absolute Gasteiger partial charge is 0.352 e. The van der Waals surface area contributed by atoms with Crippen LogP contribution in [0.25, 0.3) is 0 Å². The molecule has 7 nitrogen and oxygen atoms in total. The van der Waals surface area contributed by atoms with E-state index in [1.807, 2.05) is 6.92 Å². The van der Waals surface area contributed by atoms with E-state index in [2.05, 4.69) is 5.32 Å². The lowest BCUT2D eigenvalue weighted by atomic mass is 9.95. The number of sulfonamides is 1. The summed E-state index contributed by atoms with van der Waals surface area (Å²) in [6.45, 7) is 4.89. The SMILES string of the molecule is Cc1ccc(S(=O)(=O)N(CC(=O)N(Cc2ccc(Cl)cc2)[C@@H](C)C(=O)NC2CCCCC2)c2cc(Cl)ccc2C)cc1. The van der Waals surface area contributed by atoms with E-state index in [4.69, 9.17) is 23.2 Å². The number of aryl methyl sites for hydroxylation is 2. The average molecular weight is 631 g/mol. The Hall–Kier alpha value is -3.07. The van der Waals surface area contributed by atoms with Crippen molar-refractivity contribution in [3.63, 3.8) is 0 Å². The summed E-state index contributed by atoms with van der Waals surface area (Å²) < 4.78 is 29.2. The van der Waals surface area contributed by atoms with E-state index in [9.17, 15) is 18.0 Å². The Balaban J connectivity index is 1.70. The highest BCUT2D eigenvalue weighted by molar-refractivity contribution is 7.92. The van der Waals surface area contributed by atoms with Gasteiger partial charge >= 0.3 is 0 Å². The van der Waals surface area contributed by atoms with Crippen LogP contribution in [0, 0.1) is 13.8 Å². The molecule has 42 heavy (non-hydrogen) atoms. The molecule has 1 atom stereocenters. The lowest BCUT2D eigenvalue weighted by molar-refractivity contribution is -0.139. The molecular weight excluding hydrogens is 593 g/mol. The Morgan fingerprint density at radius 2 is 1.52 bits per heavy atom. The van der Waals surface area contributed by atoms with E-state index in [0.717, 1.165) is 47.5 Å². The molecule has 1 aliphatic rings. The second-order valence-corrected chi connectivity index (χ2v) is 13.7. The van der Waals surface area contributed by atoms with Gasteiger partial charge in [-0.25, -0.2) is 8.42 Å². The highest BCUT2D eigenvalue weighted by atomic mass is 35.5. The monoisotopic (exact) mass is 629 g/mol. The first-order valence-electron chi connectivity index (χ1n) is 14.2. The van der Waals surface area contributed by atoms with Gasteiger partial charge in [0.1, 0.15) is 12.6 Å². The van der Waals surface area contributed by atoms with Crippen molar-refractivity contribution in [2.75, 3.05) is 10.8 Å². The minimum atomic E-state index is -4.18. The quantitative estimate of drug-likeness (QED) is 0.271. The number of nitrogens with one attached hydrogen (secondary N) is 1. The summed E-state index contributed by atoms with van der Waals surface area (Å²) in [5, 5.41) is 3.99. The van der Waals surface area contributed by atoms with Crippen molar-refractivity contribution in [1.29, 1.82) is 0 Å². The van der Waals surface area contributed by atoms with Crippen LogP contribution in [0.4, 0.5) is 5.69 Å². The van der Waals surface area contributed by atoms with Gasteiger partial charge in [-0.3, -0.25) is 13.9 Å². The second-order valence-electron chi connectivity index (χ2n) is 10.9. The van der Waals surface area contributed by atoms with Crippen molar-refractivity contribution >= 4 is 50.7 Å². The molecule has 3 aromatic rings. The van der Waals surface area contributed by atoms with Crippen LogP contribution in [0.1, 0.15) is 55.7 Å². The third-order valence-corrected chi connectivity index (χ3v) is 9.97. The number of rotatable bonds is 10. The lowest BCUT2D eigenvalue weighted by Crippen LogP contribution is -2.53. The Kier molecular flexibility index (Phi) is 10.6. The zero-order valence-corrected chi connectivity index (χ0v) is 26.5. The predicted molar refractivity (Wildman–Crippen MR) is 168 cm³/mol. The van der Waals surface area contributed by atoms with Gasteiger partial charge in [0.15, 0.2) is 0 Å². The smallest absolute Gasteiger partial charge is 0.264 e. The van der Waals surface area contributed by atoms with Crippen molar-refractivity contribution in [3.05, 3.63) is 93.5 Å². The van der Waals surface area contributed by atoms with Crippen molar-refractivity contribution in [2.24, 2.45) is 0 Å². The molecule has 0 bridgehead atoms. The highest BCUT2D eigenvalue weighted by Gasteiger charge is 2.34. The van der Waals surface area contributed by atoms with Gasteiger partial charge in [-0.1, -0.05) is 78.4 Å². The summed E-state index contributed by atoms with van der Waals surface area (Å²) in [6.07, 6.45) is 5.06. The van der Waals surface area contributed by atoms with Gasteiger partial charge in [-0.15, -0.1) is 0 Å². The topological polar surface area (TPSA) is 86.8 Å². The van der Waals surface area contributed by atoms with E-state index < -0.39 is 28.5 Å². The molecule has 3 aromatic carbocycles. The summed E-state index contributed by atoms with van der Waals surface area (Å²) in [5.41, 5.74) is 2.59. The number of anilines is 1. The molecule has 0 aliphatic heterocycles. The molecule has 0 heterocycles. The molecule has 1 aliphatic carbocycles. The van der Waals surface area contributed by atoms with Gasteiger partial charge in [-0.05, 0) is 81.1 Å². The van der Waals surface area contributed by atoms with Gasteiger partial charge in [0.05, 0.1) is 10.6 Å². The number of carbonyl (C=O) groups excluding carboxylic acids is 2. The highest BCUT2D eigenvalue weighted by Crippen LogP contribution is 2.30. The van der Waals surface area contributed by atoms with Crippen molar-refractivity contribution in [2.45, 2.75) is 76.4 Å². The van der Waals surface area contributed by atoms with Crippen LogP contribution in [0.2, 0.25) is 10.0 Å². The number of nitrogens with zero attached hydrogens (tertiary/aromatic N) is 2. The molecule has 1 N–H and O–H groups in total. The Bertz CT molecular complexity index is 1510. The normalized spacial score (nSPS) is 14.7. The van der Waals surface area contributed by atoms with Crippen molar-refractivity contribution in [3.8, 4) is 0 Å². The molecule has 1 saturated carbocycles. The van der Waals surface area contributed by atoms with Crippen molar-refractivity contribution in [1.82, 2.24) is 10.2 Å². The van der Waals surface area contributed by atoms with E-state index in [0.29, 0.717) is 21.3 Å². The zero-order chi connectivity index (χ0) is 30.4. The molecule has 0 saturated heterocycles. The summed E-state index contributed by atoms with van der Waals surface area (Å²) in [6, 6.07) is 17.6. The molecule has 1 fully saturated rings. The number of halogens is 2. The summed E-state index contributed by atoms with van der Waals surface area (Å²) in [7, 11) is -4.18. The maximum Gasteiger partial charge on any atom is 0.264 e. The van der Waals surface area contributed by atoms with Crippen LogP contribution in [0.5, 0.6) is 0 Å². The van der Waals surface area contributed by atoms with E-state index in [-0.39, 0.29) is 23.4 Å². The first-order valence-corrected chi connectivity index (χ1v) is 16.3. The fourth-order valence-corrected chi connectivity index (χ4v) is 6.90. The molecular formula is C32H37Cl2N3O4S. The van der Waals surface area contributed by atoms with E-state index >= 15 is 0 Å². The predicted octanol–water partition coefficient (Wildman–Crippen LogP) is 6.67.